The molecule has 24 heavy (non-hydrogen) atoms. The fourth-order valence-electron chi connectivity index (χ4n) is 2.82. The topological polar surface area (TPSA) is 68.5 Å². The highest BCUT2D eigenvalue weighted by Crippen LogP contribution is 2.27. The van der Waals surface area contributed by atoms with Crippen LogP contribution < -0.4 is 10.6 Å². The molecule has 0 saturated carbocycles. The molecule has 0 spiro atoms. The van der Waals surface area contributed by atoms with E-state index in [4.69, 9.17) is 22.1 Å². The van der Waals surface area contributed by atoms with Gasteiger partial charge in [-0.1, -0.05) is 41.9 Å². The lowest BCUT2D eigenvalue weighted by Crippen LogP contribution is -2.37. The summed E-state index contributed by atoms with van der Waals surface area (Å²) in [5.74, 6) is 0.173. The molecule has 0 atom stereocenters. The highest BCUT2D eigenvalue weighted by molar-refractivity contribution is 6.33. The Bertz CT molecular complexity index is 701. The van der Waals surface area contributed by atoms with Crippen LogP contribution in [0.3, 0.4) is 0 Å². The molecule has 0 radical (unpaired) electrons. The van der Waals surface area contributed by atoms with Gasteiger partial charge in [0, 0.05) is 19.3 Å². The van der Waals surface area contributed by atoms with Crippen molar-refractivity contribution in [2.24, 2.45) is 5.73 Å². The number of rotatable bonds is 5. The summed E-state index contributed by atoms with van der Waals surface area (Å²) in [6, 6.07) is 11.8. The van der Waals surface area contributed by atoms with Gasteiger partial charge >= 0.3 is 0 Å². The van der Waals surface area contributed by atoms with Crippen molar-refractivity contribution in [3.63, 3.8) is 0 Å². The van der Waals surface area contributed by atoms with Crippen molar-refractivity contribution in [3.8, 4) is 0 Å². The van der Waals surface area contributed by atoms with Crippen LogP contribution in [-0.2, 0) is 11.3 Å². The molecular formula is C18H20ClN3O2. The zero-order valence-corrected chi connectivity index (χ0v) is 14.1. The number of primary amides is 1. The molecule has 1 aliphatic rings. The van der Waals surface area contributed by atoms with Crippen LogP contribution in [0.15, 0.2) is 42.6 Å². The van der Waals surface area contributed by atoms with E-state index in [0.717, 1.165) is 25.9 Å². The Kier molecular flexibility index (Phi) is 5.33. The Morgan fingerprint density at radius 2 is 2.00 bits per heavy atom. The average molecular weight is 346 g/mol. The molecule has 1 fully saturated rings. The molecule has 2 N–H and O–H groups in total. The summed E-state index contributed by atoms with van der Waals surface area (Å²) in [5, 5.41) is 0.454. The Labute approximate surface area is 146 Å². The van der Waals surface area contributed by atoms with Gasteiger partial charge in [0.1, 0.15) is 5.82 Å². The Morgan fingerprint density at radius 1 is 1.29 bits per heavy atom. The maximum absolute atomic E-state index is 11.2. The quantitative estimate of drug-likeness (QED) is 0.904. The first-order valence-electron chi connectivity index (χ1n) is 7.99. The van der Waals surface area contributed by atoms with Crippen molar-refractivity contribution in [2.75, 3.05) is 18.0 Å². The Balaban J connectivity index is 1.54. The van der Waals surface area contributed by atoms with Gasteiger partial charge in [0.15, 0.2) is 0 Å². The van der Waals surface area contributed by atoms with E-state index in [1.807, 2.05) is 18.2 Å². The molecular weight excluding hydrogens is 326 g/mol. The smallest absolute Gasteiger partial charge is 0.250 e. The molecule has 3 rings (SSSR count). The average Bonchev–Trinajstić information content (AvgIpc) is 2.61. The number of halogens is 1. The number of aromatic nitrogens is 1. The van der Waals surface area contributed by atoms with Crippen LogP contribution in [0.5, 0.6) is 0 Å². The summed E-state index contributed by atoms with van der Waals surface area (Å²) in [4.78, 5) is 17.6. The van der Waals surface area contributed by atoms with Gasteiger partial charge in [0.2, 0.25) is 5.91 Å². The number of benzene rings is 1. The predicted octanol–water partition coefficient (Wildman–Crippen LogP) is 3.02. The van der Waals surface area contributed by atoms with Crippen molar-refractivity contribution in [2.45, 2.75) is 25.6 Å². The Morgan fingerprint density at radius 3 is 2.62 bits per heavy atom. The van der Waals surface area contributed by atoms with E-state index in [9.17, 15) is 4.79 Å². The van der Waals surface area contributed by atoms with Gasteiger partial charge in [-0.15, -0.1) is 0 Å². The lowest BCUT2D eigenvalue weighted by Gasteiger charge is -2.33. The molecule has 5 nitrogen and oxygen atoms in total. The number of pyridine rings is 1. The number of carbonyl (C=O) groups is 1. The van der Waals surface area contributed by atoms with Crippen molar-refractivity contribution in [1.82, 2.24) is 4.98 Å². The van der Waals surface area contributed by atoms with Crippen molar-refractivity contribution in [3.05, 3.63) is 58.7 Å². The molecule has 0 bridgehead atoms. The lowest BCUT2D eigenvalue weighted by atomic mass is 10.1. The predicted molar refractivity (Wildman–Crippen MR) is 94.2 cm³/mol. The number of hydrogen-bond acceptors (Lipinski definition) is 4. The highest BCUT2D eigenvalue weighted by atomic mass is 35.5. The normalized spacial score (nSPS) is 15.5. The minimum atomic E-state index is -0.524. The zero-order chi connectivity index (χ0) is 16.9. The van der Waals surface area contributed by atoms with E-state index in [1.54, 1.807) is 6.07 Å². The first kappa shape index (κ1) is 16.7. The van der Waals surface area contributed by atoms with Crippen LogP contribution in [0.2, 0.25) is 5.02 Å². The number of piperidine rings is 1. The summed E-state index contributed by atoms with van der Waals surface area (Å²) >= 11 is 6.24. The SMILES string of the molecule is NC(=O)c1cnc(N2CCC(OCc3ccccc3)CC2)c(Cl)c1. The monoisotopic (exact) mass is 345 g/mol. The summed E-state index contributed by atoms with van der Waals surface area (Å²) in [5.41, 5.74) is 6.75. The third-order valence-electron chi connectivity index (χ3n) is 4.18. The lowest BCUT2D eigenvalue weighted by molar-refractivity contribution is 0.0250. The van der Waals surface area contributed by atoms with Crippen molar-refractivity contribution in [1.29, 1.82) is 0 Å². The molecule has 2 heterocycles. The second-order valence-electron chi connectivity index (χ2n) is 5.88. The first-order chi connectivity index (χ1) is 11.6. The molecule has 0 aliphatic carbocycles. The van der Waals surface area contributed by atoms with Gasteiger partial charge in [-0.05, 0) is 24.5 Å². The number of anilines is 1. The second kappa shape index (κ2) is 7.64. The number of amides is 1. The molecule has 6 heteroatoms. The molecule has 1 aromatic carbocycles. The third-order valence-corrected chi connectivity index (χ3v) is 4.45. The van der Waals surface area contributed by atoms with Crippen molar-refractivity contribution >= 4 is 23.3 Å². The van der Waals surface area contributed by atoms with Crippen LogP contribution in [0.25, 0.3) is 0 Å². The fourth-order valence-corrected chi connectivity index (χ4v) is 3.11. The van der Waals surface area contributed by atoms with Gasteiger partial charge < -0.3 is 15.4 Å². The standard InChI is InChI=1S/C18H20ClN3O2/c19-16-10-14(17(20)23)11-21-18(16)22-8-6-15(7-9-22)24-12-13-4-2-1-3-5-13/h1-5,10-11,15H,6-9,12H2,(H2,20,23). The fraction of sp³-hybridized carbons (Fsp3) is 0.333. The first-order valence-corrected chi connectivity index (χ1v) is 8.37. The maximum Gasteiger partial charge on any atom is 0.250 e. The second-order valence-corrected chi connectivity index (χ2v) is 6.28. The van der Waals surface area contributed by atoms with Gasteiger partial charge in [-0.3, -0.25) is 4.79 Å². The summed E-state index contributed by atoms with van der Waals surface area (Å²) in [6.07, 6.45) is 3.55. The van der Waals surface area contributed by atoms with Gasteiger partial charge in [0.25, 0.3) is 0 Å². The highest BCUT2D eigenvalue weighted by Gasteiger charge is 2.22. The van der Waals surface area contributed by atoms with E-state index in [1.165, 1.54) is 11.8 Å². The minimum absolute atomic E-state index is 0.241. The van der Waals surface area contributed by atoms with E-state index >= 15 is 0 Å². The summed E-state index contributed by atoms with van der Waals surface area (Å²) in [7, 11) is 0. The van der Waals surface area contributed by atoms with E-state index < -0.39 is 5.91 Å². The van der Waals surface area contributed by atoms with Crippen LogP contribution >= 0.6 is 11.6 Å². The van der Waals surface area contributed by atoms with Crippen LogP contribution in [0.1, 0.15) is 28.8 Å². The summed E-state index contributed by atoms with van der Waals surface area (Å²) in [6.45, 7) is 2.28. The number of nitrogens with two attached hydrogens (primary N) is 1. The summed E-state index contributed by atoms with van der Waals surface area (Å²) < 4.78 is 5.99. The molecule has 1 aliphatic heterocycles. The zero-order valence-electron chi connectivity index (χ0n) is 13.3. The molecule has 2 aromatic rings. The van der Waals surface area contributed by atoms with E-state index in [2.05, 4.69) is 22.0 Å². The van der Waals surface area contributed by atoms with Gasteiger partial charge in [0.05, 0.1) is 23.3 Å². The number of nitrogens with zero attached hydrogens (tertiary/aromatic N) is 2. The minimum Gasteiger partial charge on any atom is -0.373 e. The molecule has 126 valence electrons. The van der Waals surface area contributed by atoms with Gasteiger partial charge in [-0.2, -0.15) is 0 Å². The van der Waals surface area contributed by atoms with Gasteiger partial charge in [-0.25, -0.2) is 4.98 Å². The third kappa shape index (κ3) is 4.04. The van der Waals surface area contributed by atoms with Crippen molar-refractivity contribution < 1.29 is 9.53 Å². The van der Waals surface area contributed by atoms with Crippen LogP contribution in [-0.4, -0.2) is 30.1 Å². The number of carbonyl (C=O) groups excluding carboxylic acids is 1. The van der Waals surface area contributed by atoms with Crippen LogP contribution in [0, 0.1) is 0 Å². The largest absolute Gasteiger partial charge is 0.373 e. The van der Waals surface area contributed by atoms with E-state index in [0.29, 0.717) is 23.0 Å². The molecule has 0 unspecified atom stereocenters. The van der Waals surface area contributed by atoms with E-state index in [-0.39, 0.29) is 6.10 Å². The maximum atomic E-state index is 11.2. The van der Waals surface area contributed by atoms with Crippen LogP contribution in [0.4, 0.5) is 5.82 Å². The molecule has 1 aromatic heterocycles. The Hall–Kier alpha value is -2.11. The molecule has 1 saturated heterocycles. The number of hydrogen-bond donors (Lipinski definition) is 1. The molecule has 1 amide bonds. The number of ether oxygens (including phenoxy) is 1.